The van der Waals surface area contributed by atoms with Crippen molar-refractivity contribution in [3.8, 4) is 11.5 Å². The summed E-state index contributed by atoms with van der Waals surface area (Å²) in [4.78, 5) is 45.9. The summed E-state index contributed by atoms with van der Waals surface area (Å²) < 4.78 is 5.96. The van der Waals surface area contributed by atoms with E-state index in [2.05, 4.69) is 15.6 Å². The number of anilines is 2. The number of benzene rings is 2. The largest absolute Gasteiger partial charge is 0.457 e. The van der Waals surface area contributed by atoms with Crippen molar-refractivity contribution in [2.24, 2.45) is 0 Å². The van der Waals surface area contributed by atoms with E-state index >= 15 is 0 Å². The molecule has 3 aliphatic heterocycles. The van der Waals surface area contributed by atoms with Crippen molar-refractivity contribution in [2.75, 3.05) is 18.0 Å². The Labute approximate surface area is 224 Å². The van der Waals surface area contributed by atoms with E-state index in [0.717, 1.165) is 52.5 Å². The molecule has 2 aromatic carbocycles. The number of aryl methyl sites for hydroxylation is 1. The van der Waals surface area contributed by atoms with E-state index in [1.165, 1.54) is 11.8 Å². The van der Waals surface area contributed by atoms with E-state index in [1.54, 1.807) is 16.0 Å². The Kier molecular flexibility index (Phi) is 6.40. The molecule has 38 heavy (non-hydrogen) atoms. The lowest BCUT2D eigenvalue weighted by Gasteiger charge is -2.35. The Hall–Kier alpha value is -4.05. The van der Waals surface area contributed by atoms with Crippen LogP contribution in [0.3, 0.4) is 0 Å². The minimum atomic E-state index is -0.542. The summed E-state index contributed by atoms with van der Waals surface area (Å²) in [6, 6.07) is 16.1. The normalized spacial score (nSPS) is 21.9. The number of carbonyl (C=O) groups is 3. The van der Waals surface area contributed by atoms with Crippen LogP contribution >= 0.6 is 11.8 Å². The maximum absolute atomic E-state index is 13.5. The zero-order valence-corrected chi connectivity index (χ0v) is 21.6. The van der Waals surface area contributed by atoms with Gasteiger partial charge < -0.3 is 20.3 Å². The van der Waals surface area contributed by atoms with Gasteiger partial charge in [0.15, 0.2) is 0 Å². The maximum atomic E-state index is 13.5. The average molecular weight is 530 g/mol. The number of amides is 4. The average Bonchev–Trinajstić information content (AvgIpc) is 3.30. The number of hydrogen-bond donors (Lipinski definition) is 2. The Bertz CT molecular complexity index is 1400. The first kappa shape index (κ1) is 24.3. The number of aromatic nitrogens is 1. The van der Waals surface area contributed by atoms with Crippen LogP contribution in [0.5, 0.6) is 11.5 Å². The van der Waals surface area contributed by atoms with Crippen molar-refractivity contribution in [1.82, 2.24) is 20.5 Å². The van der Waals surface area contributed by atoms with Gasteiger partial charge >= 0.3 is 6.03 Å². The molecule has 0 saturated carbocycles. The Morgan fingerprint density at radius 1 is 1.16 bits per heavy atom. The molecule has 3 aromatic rings. The van der Waals surface area contributed by atoms with Gasteiger partial charge in [-0.15, -0.1) is 0 Å². The lowest BCUT2D eigenvalue weighted by atomic mass is 9.98. The SMILES string of the molecule is Cc1cc(Oc2ccccc2)ccc1N1C(=O)NC2c3c1ccnc3S[C@H]2C(=O)NC1CCCN(C=O)C1. The lowest BCUT2D eigenvalue weighted by molar-refractivity contribution is -0.124. The number of nitrogens with one attached hydrogen (secondary N) is 2. The Morgan fingerprint density at radius 2 is 2.00 bits per heavy atom. The quantitative estimate of drug-likeness (QED) is 0.462. The number of thioether (sulfide) groups is 1. The van der Waals surface area contributed by atoms with Gasteiger partial charge in [-0.1, -0.05) is 30.0 Å². The third-order valence-electron chi connectivity index (χ3n) is 7.10. The van der Waals surface area contributed by atoms with E-state index in [1.807, 2.05) is 61.5 Å². The summed E-state index contributed by atoms with van der Waals surface area (Å²) in [6.45, 7) is 3.14. The van der Waals surface area contributed by atoms with Crippen molar-refractivity contribution >= 4 is 41.5 Å². The number of carbonyl (C=O) groups excluding carboxylic acids is 3. The number of nitrogens with zero attached hydrogens (tertiary/aromatic N) is 3. The summed E-state index contributed by atoms with van der Waals surface area (Å²) in [6.07, 6.45) is 4.16. The molecule has 1 fully saturated rings. The van der Waals surface area contributed by atoms with Gasteiger partial charge in [-0.3, -0.25) is 14.5 Å². The fraction of sp³-hybridized carbons (Fsp3) is 0.286. The van der Waals surface area contributed by atoms with Crippen LogP contribution in [0.2, 0.25) is 0 Å². The second-order valence-corrected chi connectivity index (χ2v) is 10.8. The third kappa shape index (κ3) is 4.45. The van der Waals surface area contributed by atoms with Crippen LogP contribution in [-0.2, 0) is 9.59 Å². The smallest absolute Gasteiger partial charge is 0.327 e. The molecule has 3 atom stereocenters. The van der Waals surface area contributed by atoms with Crippen LogP contribution in [0.15, 0.2) is 65.8 Å². The van der Waals surface area contributed by atoms with Crippen molar-refractivity contribution in [3.05, 3.63) is 71.9 Å². The molecule has 1 aromatic heterocycles. The highest BCUT2D eigenvalue weighted by Crippen LogP contribution is 2.51. The van der Waals surface area contributed by atoms with Gasteiger partial charge in [-0.25, -0.2) is 9.78 Å². The monoisotopic (exact) mass is 529 g/mol. The van der Waals surface area contributed by atoms with E-state index in [4.69, 9.17) is 4.74 Å². The van der Waals surface area contributed by atoms with E-state index in [9.17, 15) is 14.4 Å². The van der Waals surface area contributed by atoms with E-state index in [-0.39, 0.29) is 18.0 Å². The molecular formula is C28H27N5O4S. The van der Waals surface area contributed by atoms with Gasteiger partial charge in [0.1, 0.15) is 21.8 Å². The molecule has 0 spiro atoms. The molecule has 0 bridgehead atoms. The first-order valence-electron chi connectivity index (χ1n) is 12.6. The molecule has 4 heterocycles. The van der Waals surface area contributed by atoms with Crippen LogP contribution < -0.4 is 20.3 Å². The summed E-state index contributed by atoms with van der Waals surface area (Å²) >= 11 is 1.37. The van der Waals surface area contributed by atoms with Crippen LogP contribution in [0.25, 0.3) is 0 Å². The van der Waals surface area contributed by atoms with Gasteiger partial charge in [0, 0.05) is 30.9 Å². The number of pyridine rings is 1. The highest BCUT2D eigenvalue weighted by Gasteiger charge is 2.47. The number of ether oxygens (including phenoxy) is 1. The summed E-state index contributed by atoms with van der Waals surface area (Å²) in [5.41, 5.74) is 3.16. The highest BCUT2D eigenvalue weighted by atomic mass is 32.2. The van der Waals surface area contributed by atoms with Gasteiger partial charge in [0.05, 0.1) is 17.4 Å². The number of para-hydroxylation sites is 1. The van der Waals surface area contributed by atoms with Gasteiger partial charge in [-0.05, 0) is 61.7 Å². The molecule has 2 unspecified atom stereocenters. The van der Waals surface area contributed by atoms with Crippen molar-refractivity contribution in [1.29, 1.82) is 0 Å². The molecule has 4 amide bonds. The molecule has 3 aliphatic rings. The fourth-order valence-electron chi connectivity index (χ4n) is 5.33. The van der Waals surface area contributed by atoms with E-state index < -0.39 is 11.3 Å². The van der Waals surface area contributed by atoms with Gasteiger partial charge in [-0.2, -0.15) is 0 Å². The van der Waals surface area contributed by atoms with Crippen molar-refractivity contribution in [2.45, 2.75) is 42.1 Å². The van der Waals surface area contributed by atoms with E-state index in [0.29, 0.717) is 18.8 Å². The summed E-state index contributed by atoms with van der Waals surface area (Å²) in [5.74, 6) is 1.25. The molecule has 1 saturated heterocycles. The van der Waals surface area contributed by atoms with Crippen LogP contribution in [0.4, 0.5) is 16.2 Å². The third-order valence-corrected chi connectivity index (χ3v) is 8.39. The molecule has 9 nitrogen and oxygen atoms in total. The second kappa shape index (κ2) is 10.0. The lowest BCUT2D eigenvalue weighted by Crippen LogP contribution is -2.52. The molecule has 0 radical (unpaired) electrons. The molecule has 6 rings (SSSR count). The Balaban J connectivity index is 1.25. The number of likely N-dealkylation sites (tertiary alicyclic amines) is 1. The first-order chi connectivity index (χ1) is 18.5. The standard InChI is InChI=1S/C28H27N5O4S/c1-17-14-20(37-19-7-3-2-4-8-19)9-10-21(17)33-22-11-12-29-27-23(22)24(31-28(33)36)25(38-27)26(35)30-18-6-5-13-32(15-18)16-34/h2-4,7-12,14,16,18,24-25H,5-6,13,15H2,1H3,(H,30,35)(H,31,36)/t18?,24?,25-/m1/s1. The molecule has 2 N–H and O–H groups in total. The number of rotatable bonds is 6. The van der Waals surface area contributed by atoms with Gasteiger partial charge in [0.25, 0.3) is 0 Å². The van der Waals surface area contributed by atoms with Crippen LogP contribution in [-0.4, -0.2) is 52.6 Å². The van der Waals surface area contributed by atoms with Crippen molar-refractivity contribution in [3.63, 3.8) is 0 Å². The summed E-state index contributed by atoms with van der Waals surface area (Å²) in [7, 11) is 0. The zero-order valence-electron chi connectivity index (χ0n) is 20.8. The number of urea groups is 1. The Morgan fingerprint density at radius 3 is 2.79 bits per heavy atom. The second-order valence-electron chi connectivity index (χ2n) is 9.66. The zero-order chi connectivity index (χ0) is 26.2. The number of piperidine rings is 1. The number of hydrogen-bond acceptors (Lipinski definition) is 6. The van der Waals surface area contributed by atoms with Crippen LogP contribution in [0.1, 0.15) is 30.0 Å². The van der Waals surface area contributed by atoms with Crippen molar-refractivity contribution < 1.29 is 19.1 Å². The summed E-state index contributed by atoms with van der Waals surface area (Å²) in [5, 5.41) is 6.35. The minimum Gasteiger partial charge on any atom is -0.457 e. The molecule has 10 heteroatoms. The topological polar surface area (TPSA) is 104 Å². The maximum Gasteiger partial charge on any atom is 0.327 e. The minimum absolute atomic E-state index is 0.103. The molecular weight excluding hydrogens is 502 g/mol. The fourth-order valence-corrected chi connectivity index (χ4v) is 6.57. The predicted octanol–water partition coefficient (Wildman–Crippen LogP) is 4.30. The highest BCUT2D eigenvalue weighted by molar-refractivity contribution is 8.01. The molecule has 194 valence electrons. The van der Waals surface area contributed by atoms with Crippen LogP contribution in [0, 0.1) is 6.92 Å². The van der Waals surface area contributed by atoms with Gasteiger partial charge in [0.2, 0.25) is 12.3 Å². The first-order valence-corrected chi connectivity index (χ1v) is 13.5. The predicted molar refractivity (Wildman–Crippen MR) is 144 cm³/mol. The molecule has 0 aliphatic carbocycles.